The van der Waals surface area contributed by atoms with Crippen molar-refractivity contribution in [2.75, 3.05) is 0 Å². The standard InChI is InChI=1S/C18H22FN3O2/c19-14-6-3-5-13(11-14)17(23)12-18(24)21-15-7-1-2-8-16(15)22-10-4-9-20-22/h3-6,9-11,15-17,23H,1-2,7-8,12H2,(H,21,24). The molecular formula is C18H22FN3O2. The lowest BCUT2D eigenvalue weighted by molar-refractivity contribution is -0.124. The van der Waals surface area contributed by atoms with Crippen LogP contribution in [0.25, 0.3) is 0 Å². The van der Waals surface area contributed by atoms with Gasteiger partial charge in [-0.15, -0.1) is 0 Å². The van der Waals surface area contributed by atoms with E-state index < -0.39 is 11.9 Å². The van der Waals surface area contributed by atoms with Crippen molar-refractivity contribution in [2.45, 2.75) is 50.3 Å². The summed E-state index contributed by atoms with van der Waals surface area (Å²) in [5.74, 6) is -0.645. The number of aliphatic hydroxyl groups is 1. The van der Waals surface area contributed by atoms with E-state index in [4.69, 9.17) is 0 Å². The zero-order valence-corrected chi connectivity index (χ0v) is 13.4. The molecule has 5 nitrogen and oxygen atoms in total. The Morgan fingerprint density at radius 1 is 1.38 bits per heavy atom. The van der Waals surface area contributed by atoms with Crippen LogP contribution in [0, 0.1) is 5.82 Å². The zero-order chi connectivity index (χ0) is 16.9. The minimum atomic E-state index is -1.01. The maximum atomic E-state index is 13.2. The van der Waals surface area contributed by atoms with Crippen LogP contribution in [-0.2, 0) is 4.79 Å². The number of benzene rings is 1. The van der Waals surface area contributed by atoms with E-state index in [-0.39, 0.29) is 24.4 Å². The van der Waals surface area contributed by atoms with Crippen molar-refractivity contribution < 1.29 is 14.3 Å². The Morgan fingerprint density at radius 3 is 2.96 bits per heavy atom. The third-order valence-electron chi connectivity index (χ3n) is 4.55. The number of rotatable bonds is 5. The topological polar surface area (TPSA) is 67.2 Å². The highest BCUT2D eigenvalue weighted by atomic mass is 19.1. The maximum absolute atomic E-state index is 13.2. The molecule has 0 saturated heterocycles. The average Bonchev–Trinajstić information content (AvgIpc) is 3.09. The van der Waals surface area contributed by atoms with Gasteiger partial charge in [0.1, 0.15) is 5.82 Å². The van der Waals surface area contributed by atoms with Gasteiger partial charge in [-0.2, -0.15) is 5.10 Å². The van der Waals surface area contributed by atoms with Crippen LogP contribution in [0.5, 0.6) is 0 Å². The first-order valence-electron chi connectivity index (χ1n) is 8.35. The van der Waals surface area contributed by atoms with Gasteiger partial charge in [0.05, 0.1) is 24.6 Å². The molecule has 1 heterocycles. The quantitative estimate of drug-likeness (QED) is 0.885. The Labute approximate surface area is 140 Å². The zero-order valence-electron chi connectivity index (χ0n) is 13.4. The van der Waals surface area contributed by atoms with Crippen LogP contribution in [0.3, 0.4) is 0 Å². The third kappa shape index (κ3) is 4.00. The van der Waals surface area contributed by atoms with Crippen LogP contribution in [0.4, 0.5) is 4.39 Å². The van der Waals surface area contributed by atoms with Gasteiger partial charge in [-0.1, -0.05) is 25.0 Å². The van der Waals surface area contributed by atoms with Gasteiger partial charge < -0.3 is 10.4 Å². The van der Waals surface area contributed by atoms with E-state index >= 15 is 0 Å². The summed E-state index contributed by atoms with van der Waals surface area (Å²) in [6.45, 7) is 0. The van der Waals surface area contributed by atoms with Crippen molar-refractivity contribution in [3.05, 3.63) is 54.1 Å². The third-order valence-corrected chi connectivity index (χ3v) is 4.55. The molecule has 1 saturated carbocycles. The average molecular weight is 331 g/mol. The molecule has 2 aromatic rings. The fourth-order valence-corrected chi connectivity index (χ4v) is 3.35. The highest BCUT2D eigenvalue weighted by molar-refractivity contribution is 5.77. The van der Waals surface area contributed by atoms with E-state index in [2.05, 4.69) is 10.4 Å². The van der Waals surface area contributed by atoms with Gasteiger partial charge in [-0.3, -0.25) is 9.48 Å². The van der Waals surface area contributed by atoms with Gasteiger partial charge in [0.15, 0.2) is 0 Å². The molecule has 2 N–H and O–H groups in total. The van der Waals surface area contributed by atoms with Crippen molar-refractivity contribution in [1.82, 2.24) is 15.1 Å². The van der Waals surface area contributed by atoms with Crippen LogP contribution in [0.1, 0.15) is 49.8 Å². The van der Waals surface area contributed by atoms with E-state index in [1.807, 2.05) is 16.9 Å². The van der Waals surface area contributed by atoms with Gasteiger partial charge in [-0.05, 0) is 36.6 Å². The van der Waals surface area contributed by atoms with Crippen LogP contribution in [-0.4, -0.2) is 26.8 Å². The highest BCUT2D eigenvalue weighted by Crippen LogP contribution is 2.28. The second kappa shape index (κ2) is 7.57. The number of nitrogens with zero attached hydrogens (tertiary/aromatic N) is 2. The lowest BCUT2D eigenvalue weighted by atomic mass is 9.90. The molecule has 1 fully saturated rings. The lowest BCUT2D eigenvalue weighted by Crippen LogP contribution is -2.43. The minimum Gasteiger partial charge on any atom is -0.388 e. The molecular weight excluding hydrogens is 309 g/mol. The summed E-state index contributed by atoms with van der Waals surface area (Å²) in [7, 11) is 0. The van der Waals surface area contributed by atoms with Crippen molar-refractivity contribution in [3.8, 4) is 0 Å². The van der Waals surface area contributed by atoms with Gasteiger partial charge in [0, 0.05) is 12.4 Å². The van der Waals surface area contributed by atoms with Crippen molar-refractivity contribution in [2.24, 2.45) is 0 Å². The molecule has 1 aromatic heterocycles. The first-order valence-corrected chi connectivity index (χ1v) is 8.35. The van der Waals surface area contributed by atoms with Gasteiger partial charge in [0.2, 0.25) is 5.91 Å². The fraction of sp³-hybridized carbons (Fsp3) is 0.444. The molecule has 0 aliphatic heterocycles. The van der Waals surface area contributed by atoms with E-state index in [0.717, 1.165) is 25.7 Å². The van der Waals surface area contributed by atoms with E-state index in [1.54, 1.807) is 12.3 Å². The molecule has 0 radical (unpaired) electrons. The first kappa shape index (κ1) is 16.6. The summed E-state index contributed by atoms with van der Waals surface area (Å²) in [5, 5.41) is 17.5. The molecule has 1 aliphatic rings. The molecule has 128 valence electrons. The number of amides is 1. The summed E-state index contributed by atoms with van der Waals surface area (Å²) in [5.41, 5.74) is 0.414. The van der Waals surface area contributed by atoms with Crippen LogP contribution in [0.15, 0.2) is 42.7 Å². The monoisotopic (exact) mass is 331 g/mol. The number of carbonyl (C=O) groups excluding carboxylic acids is 1. The normalized spacial score (nSPS) is 22.1. The lowest BCUT2D eigenvalue weighted by Gasteiger charge is -2.32. The SMILES string of the molecule is O=C(CC(O)c1cccc(F)c1)NC1CCCCC1n1cccn1. The number of aromatic nitrogens is 2. The summed E-state index contributed by atoms with van der Waals surface area (Å²) < 4.78 is 15.1. The molecule has 3 atom stereocenters. The van der Waals surface area contributed by atoms with E-state index in [0.29, 0.717) is 5.56 Å². The molecule has 6 heteroatoms. The largest absolute Gasteiger partial charge is 0.388 e. The Morgan fingerprint density at radius 2 is 2.21 bits per heavy atom. The Bertz CT molecular complexity index is 675. The first-order chi connectivity index (χ1) is 11.6. The van der Waals surface area contributed by atoms with Crippen molar-refractivity contribution >= 4 is 5.91 Å². The van der Waals surface area contributed by atoms with Crippen molar-refractivity contribution in [1.29, 1.82) is 0 Å². The predicted molar refractivity (Wildman–Crippen MR) is 87.6 cm³/mol. The van der Waals surface area contributed by atoms with Crippen LogP contribution in [0.2, 0.25) is 0 Å². The molecule has 24 heavy (non-hydrogen) atoms. The Balaban J connectivity index is 1.61. The predicted octanol–water partition coefficient (Wildman–Crippen LogP) is 2.75. The number of carbonyl (C=O) groups is 1. The summed E-state index contributed by atoms with van der Waals surface area (Å²) in [6, 6.07) is 7.74. The smallest absolute Gasteiger partial charge is 0.223 e. The summed E-state index contributed by atoms with van der Waals surface area (Å²) in [4.78, 5) is 12.3. The number of aliphatic hydroxyl groups excluding tert-OH is 1. The van der Waals surface area contributed by atoms with Crippen LogP contribution >= 0.6 is 0 Å². The van der Waals surface area contributed by atoms with Crippen LogP contribution < -0.4 is 5.32 Å². The second-order valence-electron chi connectivity index (χ2n) is 6.29. The van der Waals surface area contributed by atoms with Gasteiger partial charge in [0.25, 0.3) is 0 Å². The number of halogens is 1. The highest BCUT2D eigenvalue weighted by Gasteiger charge is 2.28. The summed E-state index contributed by atoms with van der Waals surface area (Å²) >= 11 is 0. The minimum absolute atomic E-state index is 0.00543. The van der Waals surface area contributed by atoms with Gasteiger partial charge >= 0.3 is 0 Å². The fourth-order valence-electron chi connectivity index (χ4n) is 3.35. The molecule has 1 amide bonds. The van der Waals surface area contributed by atoms with E-state index in [1.165, 1.54) is 18.2 Å². The molecule has 1 aromatic carbocycles. The number of nitrogens with one attached hydrogen (secondary N) is 1. The molecule has 3 unspecified atom stereocenters. The molecule has 0 bridgehead atoms. The van der Waals surface area contributed by atoms with Gasteiger partial charge in [-0.25, -0.2) is 4.39 Å². The Kier molecular flexibility index (Phi) is 5.25. The second-order valence-corrected chi connectivity index (χ2v) is 6.29. The number of hydrogen-bond acceptors (Lipinski definition) is 3. The molecule has 0 spiro atoms. The summed E-state index contributed by atoms with van der Waals surface area (Å²) in [6.07, 6.45) is 6.61. The van der Waals surface area contributed by atoms with Crippen molar-refractivity contribution in [3.63, 3.8) is 0 Å². The molecule has 3 rings (SSSR count). The van der Waals surface area contributed by atoms with E-state index in [9.17, 15) is 14.3 Å². The molecule has 1 aliphatic carbocycles. The Hall–Kier alpha value is -2.21. The maximum Gasteiger partial charge on any atom is 0.223 e. The number of hydrogen-bond donors (Lipinski definition) is 2.